The standard InChI is InChI=1S/C16H28N2/c1-4-16(2,3)13-18-12-8-11-15(17)14-9-6-5-7-10-14/h5-7,9-10,15,18H,4,8,11-13,17H2,1-3H3. The predicted molar refractivity (Wildman–Crippen MR) is 79.5 cm³/mol. The Labute approximate surface area is 112 Å². The van der Waals surface area contributed by atoms with Gasteiger partial charge in [-0.2, -0.15) is 0 Å². The Morgan fingerprint density at radius 2 is 1.89 bits per heavy atom. The van der Waals surface area contributed by atoms with Crippen LogP contribution < -0.4 is 11.1 Å². The fourth-order valence-corrected chi connectivity index (χ4v) is 1.87. The highest BCUT2D eigenvalue weighted by Crippen LogP contribution is 2.18. The summed E-state index contributed by atoms with van der Waals surface area (Å²) in [6.45, 7) is 8.99. The van der Waals surface area contributed by atoms with E-state index in [9.17, 15) is 0 Å². The van der Waals surface area contributed by atoms with Crippen molar-refractivity contribution in [2.45, 2.75) is 46.1 Å². The minimum absolute atomic E-state index is 0.173. The average Bonchev–Trinajstić information content (AvgIpc) is 2.39. The van der Waals surface area contributed by atoms with Crippen LogP contribution in [0.25, 0.3) is 0 Å². The molecule has 0 saturated carbocycles. The van der Waals surface area contributed by atoms with Gasteiger partial charge >= 0.3 is 0 Å². The molecule has 1 unspecified atom stereocenters. The molecule has 0 aliphatic carbocycles. The van der Waals surface area contributed by atoms with Gasteiger partial charge < -0.3 is 11.1 Å². The second-order valence-electron chi connectivity index (χ2n) is 5.85. The Morgan fingerprint density at radius 3 is 2.50 bits per heavy atom. The van der Waals surface area contributed by atoms with E-state index in [1.54, 1.807) is 0 Å². The summed E-state index contributed by atoms with van der Waals surface area (Å²) in [5.74, 6) is 0. The van der Waals surface area contributed by atoms with E-state index in [0.717, 1.165) is 25.9 Å². The minimum atomic E-state index is 0.173. The van der Waals surface area contributed by atoms with Crippen LogP contribution in [0.4, 0.5) is 0 Å². The normalized spacial score (nSPS) is 13.6. The molecular weight excluding hydrogens is 220 g/mol. The molecule has 0 amide bonds. The summed E-state index contributed by atoms with van der Waals surface area (Å²) in [7, 11) is 0. The lowest BCUT2D eigenvalue weighted by Crippen LogP contribution is -2.29. The Hall–Kier alpha value is -0.860. The lowest BCUT2D eigenvalue weighted by molar-refractivity contribution is 0.326. The largest absolute Gasteiger partial charge is 0.324 e. The zero-order chi connectivity index (χ0) is 13.4. The van der Waals surface area contributed by atoms with E-state index in [-0.39, 0.29) is 6.04 Å². The Balaban J connectivity index is 2.15. The molecule has 1 rings (SSSR count). The van der Waals surface area contributed by atoms with Gasteiger partial charge in [0, 0.05) is 12.6 Å². The summed E-state index contributed by atoms with van der Waals surface area (Å²) in [4.78, 5) is 0. The van der Waals surface area contributed by atoms with E-state index in [0.29, 0.717) is 5.41 Å². The highest BCUT2D eigenvalue weighted by Gasteiger charge is 2.13. The molecule has 0 bridgehead atoms. The highest BCUT2D eigenvalue weighted by atomic mass is 14.9. The summed E-state index contributed by atoms with van der Waals surface area (Å²) >= 11 is 0. The van der Waals surface area contributed by atoms with E-state index in [1.807, 2.05) is 6.07 Å². The topological polar surface area (TPSA) is 38.0 Å². The molecule has 0 aliphatic rings. The Morgan fingerprint density at radius 1 is 1.22 bits per heavy atom. The van der Waals surface area contributed by atoms with Crippen molar-refractivity contribution in [3.63, 3.8) is 0 Å². The maximum absolute atomic E-state index is 6.16. The smallest absolute Gasteiger partial charge is 0.0295 e. The van der Waals surface area contributed by atoms with Crippen molar-refractivity contribution in [1.82, 2.24) is 5.32 Å². The molecule has 2 nitrogen and oxygen atoms in total. The Bertz CT molecular complexity index is 319. The second kappa shape index (κ2) is 7.55. The summed E-state index contributed by atoms with van der Waals surface area (Å²) in [6.07, 6.45) is 3.39. The van der Waals surface area contributed by atoms with E-state index < -0.39 is 0 Å². The molecule has 1 aromatic rings. The molecule has 3 N–H and O–H groups in total. The van der Waals surface area contributed by atoms with Crippen LogP contribution in [0.1, 0.15) is 51.6 Å². The van der Waals surface area contributed by atoms with Crippen LogP contribution in [0, 0.1) is 5.41 Å². The van der Waals surface area contributed by atoms with Crippen molar-refractivity contribution in [3.8, 4) is 0 Å². The third kappa shape index (κ3) is 5.65. The van der Waals surface area contributed by atoms with E-state index >= 15 is 0 Å². The van der Waals surface area contributed by atoms with Gasteiger partial charge in [-0.3, -0.25) is 0 Å². The first kappa shape index (κ1) is 15.2. The van der Waals surface area contributed by atoms with E-state index in [1.165, 1.54) is 12.0 Å². The summed E-state index contributed by atoms with van der Waals surface area (Å²) in [5, 5.41) is 3.53. The maximum Gasteiger partial charge on any atom is 0.0295 e. The predicted octanol–water partition coefficient (Wildman–Crippen LogP) is 3.49. The van der Waals surface area contributed by atoms with Gasteiger partial charge in [-0.25, -0.2) is 0 Å². The minimum Gasteiger partial charge on any atom is -0.324 e. The van der Waals surface area contributed by atoms with Crippen molar-refractivity contribution >= 4 is 0 Å². The first-order chi connectivity index (χ1) is 8.55. The SMILES string of the molecule is CCC(C)(C)CNCCCC(N)c1ccccc1. The zero-order valence-electron chi connectivity index (χ0n) is 12.1. The molecule has 0 heterocycles. The van der Waals surface area contributed by atoms with Crippen molar-refractivity contribution in [1.29, 1.82) is 0 Å². The van der Waals surface area contributed by atoms with Gasteiger partial charge in [0.2, 0.25) is 0 Å². The van der Waals surface area contributed by atoms with Gasteiger partial charge in [-0.15, -0.1) is 0 Å². The van der Waals surface area contributed by atoms with Crippen LogP contribution >= 0.6 is 0 Å². The van der Waals surface area contributed by atoms with Crippen molar-refractivity contribution in [3.05, 3.63) is 35.9 Å². The molecule has 102 valence electrons. The molecule has 1 aromatic carbocycles. The first-order valence-corrected chi connectivity index (χ1v) is 7.06. The van der Waals surface area contributed by atoms with Crippen molar-refractivity contribution < 1.29 is 0 Å². The number of rotatable bonds is 8. The number of hydrogen-bond acceptors (Lipinski definition) is 2. The van der Waals surface area contributed by atoms with Crippen LogP contribution in [-0.4, -0.2) is 13.1 Å². The van der Waals surface area contributed by atoms with Gasteiger partial charge in [0.15, 0.2) is 0 Å². The highest BCUT2D eigenvalue weighted by molar-refractivity contribution is 5.18. The molecule has 1 atom stereocenters. The van der Waals surface area contributed by atoms with Gasteiger partial charge in [-0.05, 0) is 36.8 Å². The van der Waals surface area contributed by atoms with Gasteiger partial charge in [0.05, 0.1) is 0 Å². The molecule has 0 aromatic heterocycles. The fraction of sp³-hybridized carbons (Fsp3) is 0.625. The summed E-state index contributed by atoms with van der Waals surface area (Å²) < 4.78 is 0. The quantitative estimate of drug-likeness (QED) is 0.691. The molecule has 2 heteroatoms. The van der Waals surface area contributed by atoms with Gasteiger partial charge in [0.25, 0.3) is 0 Å². The van der Waals surface area contributed by atoms with Crippen molar-refractivity contribution in [2.24, 2.45) is 11.1 Å². The third-order valence-corrected chi connectivity index (χ3v) is 3.66. The van der Waals surface area contributed by atoms with Crippen LogP contribution in [0.2, 0.25) is 0 Å². The first-order valence-electron chi connectivity index (χ1n) is 7.06. The average molecular weight is 248 g/mol. The molecular formula is C16H28N2. The van der Waals surface area contributed by atoms with Crippen LogP contribution in [-0.2, 0) is 0 Å². The lowest BCUT2D eigenvalue weighted by Gasteiger charge is -2.23. The molecule has 0 aliphatic heterocycles. The van der Waals surface area contributed by atoms with Crippen LogP contribution in [0.5, 0.6) is 0 Å². The number of hydrogen-bond donors (Lipinski definition) is 2. The van der Waals surface area contributed by atoms with Gasteiger partial charge in [-0.1, -0.05) is 51.1 Å². The number of nitrogens with two attached hydrogens (primary N) is 1. The van der Waals surface area contributed by atoms with E-state index in [4.69, 9.17) is 5.73 Å². The molecule has 18 heavy (non-hydrogen) atoms. The zero-order valence-corrected chi connectivity index (χ0v) is 12.1. The van der Waals surface area contributed by atoms with E-state index in [2.05, 4.69) is 50.4 Å². The van der Waals surface area contributed by atoms with Crippen LogP contribution in [0.3, 0.4) is 0 Å². The molecule has 0 spiro atoms. The van der Waals surface area contributed by atoms with Crippen molar-refractivity contribution in [2.75, 3.05) is 13.1 Å². The second-order valence-corrected chi connectivity index (χ2v) is 5.85. The van der Waals surface area contributed by atoms with Gasteiger partial charge in [0.1, 0.15) is 0 Å². The third-order valence-electron chi connectivity index (χ3n) is 3.66. The number of nitrogens with one attached hydrogen (secondary N) is 1. The number of benzene rings is 1. The maximum atomic E-state index is 6.16. The monoisotopic (exact) mass is 248 g/mol. The molecule has 0 saturated heterocycles. The molecule has 0 fully saturated rings. The van der Waals surface area contributed by atoms with Crippen LogP contribution in [0.15, 0.2) is 30.3 Å². The molecule has 0 radical (unpaired) electrons. The lowest BCUT2D eigenvalue weighted by atomic mass is 9.90. The fourth-order valence-electron chi connectivity index (χ4n) is 1.87. The Kier molecular flexibility index (Phi) is 6.37. The summed E-state index contributed by atoms with van der Waals surface area (Å²) in [5.41, 5.74) is 7.81. The summed E-state index contributed by atoms with van der Waals surface area (Å²) in [6, 6.07) is 10.5.